The molecule has 0 radical (unpaired) electrons. The zero-order valence-electron chi connectivity index (χ0n) is 18.4. The minimum Gasteiger partial charge on any atom is -0.490 e. The highest BCUT2D eigenvalue weighted by atomic mass is 16.5. The molecule has 10 nitrogen and oxygen atoms in total. The third-order valence-electron chi connectivity index (χ3n) is 4.90. The van der Waals surface area contributed by atoms with Gasteiger partial charge in [0, 0.05) is 29.6 Å². The molecular weight excluding hydrogens is 418 g/mol. The molecule has 5 rings (SSSR count). The maximum Gasteiger partial charge on any atom is 0.223 e. The third-order valence-corrected chi connectivity index (χ3v) is 4.90. The summed E-state index contributed by atoms with van der Waals surface area (Å²) < 4.78 is 7.97. The van der Waals surface area contributed by atoms with Crippen LogP contribution in [0.2, 0.25) is 0 Å². The Morgan fingerprint density at radius 3 is 2.64 bits per heavy atom. The number of nitrogens with zero attached hydrogens (tertiary/aromatic N) is 6. The summed E-state index contributed by atoms with van der Waals surface area (Å²) in [5.41, 5.74) is 9.23. The molecule has 5 aromatic rings. The Morgan fingerprint density at radius 1 is 1.03 bits per heavy atom. The van der Waals surface area contributed by atoms with Gasteiger partial charge in [-0.15, -0.1) is 0 Å². The van der Waals surface area contributed by atoms with E-state index >= 15 is 0 Å². The lowest BCUT2D eigenvalue weighted by Crippen LogP contribution is -2.06. The van der Waals surface area contributed by atoms with Crippen LogP contribution in [0.1, 0.15) is 19.7 Å². The van der Waals surface area contributed by atoms with E-state index in [1.54, 1.807) is 13.1 Å². The molecule has 33 heavy (non-hydrogen) atoms. The van der Waals surface area contributed by atoms with Crippen LogP contribution in [0.25, 0.3) is 28.3 Å². The summed E-state index contributed by atoms with van der Waals surface area (Å²) in [7, 11) is 0. The van der Waals surface area contributed by atoms with E-state index in [2.05, 4.69) is 30.5 Å². The molecule has 0 aliphatic rings. The highest BCUT2D eigenvalue weighted by Crippen LogP contribution is 2.34. The van der Waals surface area contributed by atoms with Crippen molar-refractivity contribution in [1.82, 2.24) is 34.5 Å². The fourth-order valence-electron chi connectivity index (χ4n) is 3.63. The lowest BCUT2D eigenvalue weighted by Gasteiger charge is -2.14. The summed E-state index contributed by atoms with van der Waals surface area (Å²) in [6.45, 7) is 5.79. The molecule has 0 atom stereocenters. The predicted octanol–water partition coefficient (Wildman–Crippen LogP) is 4.00. The first-order valence-corrected chi connectivity index (χ1v) is 10.5. The van der Waals surface area contributed by atoms with Gasteiger partial charge in [-0.3, -0.25) is 9.50 Å². The number of H-pyrrole nitrogens is 1. The number of fused-ring (bicyclic) bond motifs is 1. The second-order valence-electron chi connectivity index (χ2n) is 7.77. The van der Waals surface area contributed by atoms with Gasteiger partial charge < -0.3 is 15.8 Å². The van der Waals surface area contributed by atoms with Gasteiger partial charge in [-0.2, -0.15) is 15.1 Å². The van der Waals surface area contributed by atoms with Crippen LogP contribution in [0.5, 0.6) is 5.75 Å². The molecule has 0 saturated carbocycles. The number of nitrogens with two attached hydrogens (primary N) is 1. The summed E-state index contributed by atoms with van der Waals surface area (Å²) in [5, 5.41) is 10.2. The fourth-order valence-corrected chi connectivity index (χ4v) is 3.63. The Bertz CT molecular complexity index is 1400. The minimum absolute atomic E-state index is 0.0551. The predicted molar refractivity (Wildman–Crippen MR) is 126 cm³/mol. The van der Waals surface area contributed by atoms with Crippen molar-refractivity contribution in [3.8, 4) is 28.4 Å². The van der Waals surface area contributed by atoms with Crippen molar-refractivity contribution < 1.29 is 4.74 Å². The van der Waals surface area contributed by atoms with E-state index in [-0.39, 0.29) is 12.1 Å². The van der Waals surface area contributed by atoms with Crippen LogP contribution in [0, 0.1) is 6.92 Å². The van der Waals surface area contributed by atoms with Gasteiger partial charge in [-0.25, -0.2) is 9.97 Å². The Kier molecular flexibility index (Phi) is 5.09. The first-order valence-electron chi connectivity index (χ1n) is 10.5. The van der Waals surface area contributed by atoms with E-state index in [4.69, 9.17) is 15.5 Å². The maximum absolute atomic E-state index is 6.04. The Labute approximate surface area is 189 Å². The Balaban J connectivity index is 1.71. The zero-order chi connectivity index (χ0) is 22.9. The summed E-state index contributed by atoms with van der Waals surface area (Å²) in [6, 6.07) is 13.7. The highest BCUT2D eigenvalue weighted by Gasteiger charge is 2.20. The van der Waals surface area contributed by atoms with Gasteiger partial charge in [0.1, 0.15) is 22.9 Å². The van der Waals surface area contributed by atoms with Crippen LogP contribution in [-0.4, -0.2) is 40.6 Å². The number of para-hydroxylation sites is 1. The molecular formula is C23H23N9O. The molecule has 0 saturated heterocycles. The number of hydrogen-bond acceptors (Lipinski definition) is 8. The average Bonchev–Trinajstić information content (AvgIpc) is 3.40. The van der Waals surface area contributed by atoms with E-state index < -0.39 is 0 Å². The first-order chi connectivity index (χ1) is 16.0. The highest BCUT2D eigenvalue weighted by molar-refractivity contribution is 5.78. The normalized spacial score (nSPS) is 11.3. The summed E-state index contributed by atoms with van der Waals surface area (Å²) >= 11 is 0. The molecule has 0 amide bonds. The van der Waals surface area contributed by atoms with E-state index in [0.29, 0.717) is 34.6 Å². The van der Waals surface area contributed by atoms with Crippen molar-refractivity contribution in [2.24, 2.45) is 0 Å². The number of aromatic nitrogens is 7. The van der Waals surface area contributed by atoms with Gasteiger partial charge >= 0.3 is 0 Å². The Hall–Kier alpha value is -4.47. The van der Waals surface area contributed by atoms with Crippen LogP contribution in [0.15, 0.2) is 54.9 Å². The number of pyridine rings is 1. The zero-order valence-corrected chi connectivity index (χ0v) is 18.4. The smallest absolute Gasteiger partial charge is 0.223 e. The number of rotatable bonds is 6. The maximum atomic E-state index is 6.04. The molecule has 0 aliphatic heterocycles. The summed E-state index contributed by atoms with van der Waals surface area (Å²) in [6.07, 6.45) is 3.78. The van der Waals surface area contributed by atoms with Crippen LogP contribution in [-0.2, 0) is 0 Å². The largest absolute Gasteiger partial charge is 0.490 e. The molecule has 0 aliphatic carbocycles. The van der Waals surface area contributed by atoms with E-state index in [1.807, 2.05) is 66.9 Å². The number of ether oxygens (including phenoxy) is 1. The van der Waals surface area contributed by atoms with Gasteiger partial charge in [0.05, 0.1) is 6.10 Å². The van der Waals surface area contributed by atoms with Crippen molar-refractivity contribution in [3.63, 3.8) is 0 Å². The number of imidazole rings is 1. The molecule has 4 aromatic heterocycles. The van der Waals surface area contributed by atoms with Crippen molar-refractivity contribution in [3.05, 3.63) is 60.7 Å². The van der Waals surface area contributed by atoms with Crippen LogP contribution in [0.4, 0.5) is 17.6 Å². The van der Waals surface area contributed by atoms with Gasteiger partial charge in [0.15, 0.2) is 17.5 Å². The molecule has 4 N–H and O–H groups in total. The van der Waals surface area contributed by atoms with Gasteiger partial charge in [-0.1, -0.05) is 18.2 Å². The minimum atomic E-state index is 0.0551. The molecule has 0 spiro atoms. The quantitative estimate of drug-likeness (QED) is 0.360. The third kappa shape index (κ3) is 4.05. The molecule has 0 bridgehead atoms. The topological polar surface area (TPSA) is 132 Å². The van der Waals surface area contributed by atoms with Crippen molar-refractivity contribution in [1.29, 1.82) is 0 Å². The molecule has 4 heterocycles. The van der Waals surface area contributed by atoms with Gasteiger partial charge in [0.2, 0.25) is 5.95 Å². The number of aryl methyl sites for hydroxylation is 1. The van der Waals surface area contributed by atoms with E-state index in [9.17, 15) is 0 Å². The number of aromatic amines is 1. The van der Waals surface area contributed by atoms with Crippen LogP contribution in [0.3, 0.4) is 0 Å². The van der Waals surface area contributed by atoms with Crippen molar-refractivity contribution in [2.45, 2.75) is 26.9 Å². The second-order valence-corrected chi connectivity index (χ2v) is 7.77. The number of hydrogen-bond donors (Lipinski definition) is 3. The molecule has 1 aromatic carbocycles. The van der Waals surface area contributed by atoms with Crippen LogP contribution >= 0.6 is 0 Å². The molecule has 0 unspecified atom stereocenters. The van der Waals surface area contributed by atoms with Crippen molar-refractivity contribution >= 4 is 23.2 Å². The summed E-state index contributed by atoms with van der Waals surface area (Å²) in [4.78, 5) is 17.8. The SMILES string of the molecule is Cc1nc(N)nc(-c2c(Nc3cc[nH]n3)nc3ccc(-c4ccccc4OC(C)C)cn23)n1. The average molecular weight is 441 g/mol. The lowest BCUT2D eigenvalue weighted by molar-refractivity contribution is 0.243. The van der Waals surface area contributed by atoms with E-state index in [0.717, 1.165) is 16.9 Å². The van der Waals surface area contributed by atoms with Gasteiger partial charge in [-0.05, 0) is 39.0 Å². The Morgan fingerprint density at radius 2 is 1.88 bits per heavy atom. The lowest BCUT2D eigenvalue weighted by atomic mass is 10.1. The molecule has 0 fully saturated rings. The number of nitrogen functional groups attached to an aromatic ring is 1. The number of anilines is 3. The van der Waals surface area contributed by atoms with E-state index in [1.165, 1.54) is 0 Å². The summed E-state index contributed by atoms with van der Waals surface area (Å²) in [5.74, 6) is 3.05. The first kappa shape index (κ1) is 20.4. The van der Waals surface area contributed by atoms with Crippen molar-refractivity contribution in [2.75, 3.05) is 11.1 Å². The van der Waals surface area contributed by atoms with Crippen LogP contribution < -0.4 is 15.8 Å². The van der Waals surface area contributed by atoms with Gasteiger partial charge in [0.25, 0.3) is 0 Å². The molecule has 10 heteroatoms. The number of nitrogens with one attached hydrogen (secondary N) is 2. The number of benzene rings is 1. The second kappa shape index (κ2) is 8.23. The monoisotopic (exact) mass is 441 g/mol. The molecule has 166 valence electrons. The standard InChI is InChI=1S/C23H23N9O/c1-13(2)33-17-7-5-4-6-16(17)15-8-9-19-29-22(28-18-10-11-25-31-18)20(32(19)12-15)21-26-14(3)27-23(24)30-21/h4-13H,1-3H3,(H2,25,28,31)(H2,24,26,27,30). The fraction of sp³-hybridized carbons (Fsp3) is 0.174.